The van der Waals surface area contributed by atoms with E-state index in [9.17, 15) is 0 Å². The maximum Gasteiger partial charge on any atom is 0.0767 e. The lowest BCUT2D eigenvalue weighted by Crippen LogP contribution is -2.50. The van der Waals surface area contributed by atoms with Crippen LogP contribution in [0.15, 0.2) is 4.47 Å². The number of piperazine rings is 1. The Balaban J connectivity index is 2.07. The van der Waals surface area contributed by atoms with E-state index in [1.54, 1.807) is 0 Å². The van der Waals surface area contributed by atoms with Crippen molar-refractivity contribution in [2.75, 3.05) is 26.7 Å². The van der Waals surface area contributed by atoms with Crippen LogP contribution in [0.5, 0.6) is 0 Å². The number of aryl methyl sites for hydroxylation is 2. The molecule has 108 valence electrons. The Bertz CT molecular complexity index is 429. The quantitative estimate of drug-likeness (QED) is 0.847. The predicted octanol–water partition coefficient (Wildman–Crippen LogP) is 2.27. The molecule has 0 spiro atoms. The van der Waals surface area contributed by atoms with Crippen molar-refractivity contribution in [2.24, 2.45) is 7.05 Å². The van der Waals surface area contributed by atoms with Gasteiger partial charge in [0.1, 0.15) is 0 Å². The monoisotopic (exact) mass is 328 g/mol. The normalized spacial score (nSPS) is 22.1. The molecule has 19 heavy (non-hydrogen) atoms. The highest BCUT2D eigenvalue weighted by atomic mass is 79.9. The number of hydrogen-bond acceptors (Lipinski definition) is 3. The Morgan fingerprint density at radius 3 is 2.58 bits per heavy atom. The average Bonchev–Trinajstić information content (AvgIpc) is 2.68. The first kappa shape index (κ1) is 15.0. The van der Waals surface area contributed by atoms with E-state index in [0.29, 0.717) is 6.04 Å². The van der Waals surface area contributed by atoms with Gasteiger partial charge in [0.15, 0.2) is 0 Å². The third-order valence-electron chi connectivity index (χ3n) is 4.21. The molecule has 2 rings (SSSR count). The second-order valence-electron chi connectivity index (χ2n) is 5.46. The second kappa shape index (κ2) is 6.37. The van der Waals surface area contributed by atoms with Gasteiger partial charge in [-0.25, -0.2) is 0 Å². The van der Waals surface area contributed by atoms with E-state index in [1.165, 1.54) is 22.3 Å². The van der Waals surface area contributed by atoms with E-state index in [-0.39, 0.29) is 0 Å². The molecule has 0 amide bonds. The third kappa shape index (κ3) is 3.20. The molecule has 1 atom stereocenters. The number of likely N-dealkylation sites (N-methyl/N-ethyl adjacent to an activating group) is 1. The van der Waals surface area contributed by atoms with Crippen molar-refractivity contribution >= 4 is 15.9 Å². The van der Waals surface area contributed by atoms with Gasteiger partial charge in [0.2, 0.25) is 0 Å². The van der Waals surface area contributed by atoms with Crippen LogP contribution >= 0.6 is 15.9 Å². The molecule has 1 fully saturated rings. The van der Waals surface area contributed by atoms with Crippen molar-refractivity contribution < 1.29 is 0 Å². The minimum atomic E-state index is 0.686. The fourth-order valence-electron chi connectivity index (χ4n) is 2.80. The van der Waals surface area contributed by atoms with Gasteiger partial charge in [0.05, 0.1) is 15.9 Å². The highest BCUT2D eigenvalue weighted by Gasteiger charge is 2.24. The summed E-state index contributed by atoms with van der Waals surface area (Å²) < 4.78 is 3.23. The fraction of sp³-hybridized carbons (Fsp3) is 0.786. The van der Waals surface area contributed by atoms with E-state index < -0.39 is 0 Å². The van der Waals surface area contributed by atoms with Crippen LogP contribution in [0.4, 0.5) is 0 Å². The molecule has 1 aromatic heterocycles. The Morgan fingerprint density at radius 2 is 2.00 bits per heavy atom. The third-order valence-corrected chi connectivity index (χ3v) is 5.12. The molecule has 0 aliphatic carbocycles. The maximum atomic E-state index is 4.58. The zero-order valence-corrected chi connectivity index (χ0v) is 14.1. The summed E-state index contributed by atoms with van der Waals surface area (Å²) in [6.07, 6.45) is 2.20. The van der Waals surface area contributed by atoms with Gasteiger partial charge in [-0.05, 0) is 35.8 Å². The lowest BCUT2D eigenvalue weighted by Gasteiger charge is -2.39. The van der Waals surface area contributed by atoms with Crippen molar-refractivity contribution in [3.63, 3.8) is 0 Å². The average molecular weight is 329 g/mol. The summed E-state index contributed by atoms with van der Waals surface area (Å²) >= 11 is 3.71. The smallest absolute Gasteiger partial charge is 0.0767 e. The first-order valence-electron chi connectivity index (χ1n) is 7.19. The zero-order valence-electron chi connectivity index (χ0n) is 12.5. The number of nitrogens with zero attached hydrogens (tertiary/aromatic N) is 4. The number of halogens is 1. The van der Waals surface area contributed by atoms with Crippen molar-refractivity contribution in [1.82, 2.24) is 19.6 Å². The Hall–Kier alpha value is -0.390. The molecule has 1 aliphatic heterocycles. The summed E-state index contributed by atoms with van der Waals surface area (Å²) in [5.74, 6) is 0. The first-order valence-corrected chi connectivity index (χ1v) is 7.98. The van der Waals surface area contributed by atoms with Crippen molar-refractivity contribution in [3.05, 3.63) is 15.9 Å². The summed E-state index contributed by atoms with van der Waals surface area (Å²) in [7, 11) is 4.29. The van der Waals surface area contributed by atoms with Gasteiger partial charge in [0, 0.05) is 39.3 Å². The molecule has 0 aromatic carbocycles. The summed E-state index contributed by atoms with van der Waals surface area (Å²) in [5.41, 5.74) is 2.47. The largest absolute Gasteiger partial charge is 0.301 e. The van der Waals surface area contributed by atoms with E-state index in [2.05, 4.69) is 51.7 Å². The van der Waals surface area contributed by atoms with Crippen LogP contribution in [-0.4, -0.2) is 52.3 Å². The standard InChI is InChI=1S/C14H25BrN4/c1-5-11-9-19(8-7-17(11)3)10-13-14(15)12(6-2)16-18(13)4/h11H,5-10H2,1-4H3. The number of aromatic nitrogens is 2. The molecule has 5 heteroatoms. The molecule has 4 nitrogen and oxygen atoms in total. The van der Waals surface area contributed by atoms with Gasteiger partial charge in [-0.2, -0.15) is 5.10 Å². The van der Waals surface area contributed by atoms with Gasteiger partial charge in [-0.3, -0.25) is 9.58 Å². The molecule has 1 aliphatic rings. The van der Waals surface area contributed by atoms with Crippen LogP contribution in [0.3, 0.4) is 0 Å². The molecular weight excluding hydrogens is 304 g/mol. The molecule has 1 aromatic rings. The van der Waals surface area contributed by atoms with Gasteiger partial charge in [0.25, 0.3) is 0 Å². The zero-order chi connectivity index (χ0) is 14.0. The highest BCUT2D eigenvalue weighted by Crippen LogP contribution is 2.24. The van der Waals surface area contributed by atoms with Crippen LogP contribution in [0, 0.1) is 0 Å². The lowest BCUT2D eigenvalue weighted by atomic mass is 10.1. The van der Waals surface area contributed by atoms with Crippen LogP contribution in [0.2, 0.25) is 0 Å². The van der Waals surface area contributed by atoms with Crippen molar-refractivity contribution in [2.45, 2.75) is 39.3 Å². The summed E-state index contributed by atoms with van der Waals surface area (Å²) in [6, 6.07) is 0.686. The first-order chi connectivity index (χ1) is 9.06. The Morgan fingerprint density at radius 1 is 1.26 bits per heavy atom. The van der Waals surface area contributed by atoms with Crippen LogP contribution in [-0.2, 0) is 20.0 Å². The van der Waals surface area contributed by atoms with E-state index in [1.807, 2.05) is 11.7 Å². The van der Waals surface area contributed by atoms with Crippen LogP contribution < -0.4 is 0 Å². The topological polar surface area (TPSA) is 24.3 Å². The fourth-order valence-corrected chi connectivity index (χ4v) is 3.54. The maximum absolute atomic E-state index is 4.58. The van der Waals surface area contributed by atoms with Gasteiger partial charge in [-0.15, -0.1) is 0 Å². The van der Waals surface area contributed by atoms with E-state index in [0.717, 1.165) is 32.6 Å². The lowest BCUT2D eigenvalue weighted by molar-refractivity contribution is 0.0865. The minimum absolute atomic E-state index is 0.686. The highest BCUT2D eigenvalue weighted by molar-refractivity contribution is 9.10. The molecule has 1 saturated heterocycles. The second-order valence-corrected chi connectivity index (χ2v) is 6.26. The molecule has 0 saturated carbocycles. The summed E-state index contributed by atoms with van der Waals surface area (Å²) in [4.78, 5) is 5.03. The predicted molar refractivity (Wildman–Crippen MR) is 82.3 cm³/mol. The molecule has 0 N–H and O–H groups in total. The van der Waals surface area contributed by atoms with Crippen LogP contribution in [0.1, 0.15) is 31.7 Å². The van der Waals surface area contributed by atoms with Gasteiger partial charge < -0.3 is 4.90 Å². The number of hydrogen-bond donors (Lipinski definition) is 0. The summed E-state index contributed by atoms with van der Waals surface area (Å²) in [6.45, 7) is 8.89. The van der Waals surface area contributed by atoms with E-state index >= 15 is 0 Å². The minimum Gasteiger partial charge on any atom is -0.301 e. The van der Waals surface area contributed by atoms with E-state index in [4.69, 9.17) is 0 Å². The molecule has 0 radical (unpaired) electrons. The molecule has 0 bridgehead atoms. The molecule has 1 unspecified atom stereocenters. The summed E-state index contributed by atoms with van der Waals surface area (Å²) in [5, 5.41) is 4.58. The van der Waals surface area contributed by atoms with Crippen molar-refractivity contribution in [3.8, 4) is 0 Å². The Kier molecular flexibility index (Phi) is 5.03. The molecular formula is C14H25BrN4. The van der Waals surface area contributed by atoms with Gasteiger partial charge >= 0.3 is 0 Å². The van der Waals surface area contributed by atoms with Gasteiger partial charge in [-0.1, -0.05) is 13.8 Å². The Labute approximate surface area is 124 Å². The SMILES string of the molecule is CCc1nn(C)c(CN2CCN(C)C(CC)C2)c1Br. The molecule has 2 heterocycles. The number of rotatable bonds is 4. The van der Waals surface area contributed by atoms with Crippen molar-refractivity contribution in [1.29, 1.82) is 0 Å². The van der Waals surface area contributed by atoms with Crippen LogP contribution in [0.25, 0.3) is 0 Å².